The summed E-state index contributed by atoms with van der Waals surface area (Å²) in [5, 5.41) is 14.0. The molecule has 1 aromatic carbocycles. The van der Waals surface area contributed by atoms with E-state index in [1.165, 1.54) is 0 Å². The first-order valence-corrected chi connectivity index (χ1v) is 10.4. The molecule has 0 spiro atoms. The summed E-state index contributed by atoms with van der Waals surface area (Å²) in [5.41, 5.74) is 1.40. The van der Waals surface area contributed by atoms with Gasteiger partial charge < -0.3 is 19.9 Å². The number of aromatic nitrogens is 3. The summed E-state index contributed by atoms with van der Waals surface area (Å²) in [7, 11) is 0. The smallest absolute Gasteiger partial charge is 0.410 e. The van der Waals surface area contributed by atoms with Crippen LogP contribution in [0.3, 0.4) is 0 Å². The van der Waals surface area contributed by atoms with Crippen molar-refractivity contribution in [1.82, 2.24) is 30.5 Å². The predicted octanol–water partition coefficient (Wildman–Crippen LogP) is 3.30. The number of urea groups is 1. The molecule has 2 N–H and O–H groups in total. The number of carbonyl (C=O) groups is 2. The molecule has 162 valence electrons. The summed E-state index contributed by atoms with van der Waals surface area (Å²) < 4.78 is 5.39. The molecule has 1 aromatic heterocycles. The van der Waals surface area contributed by atoms with Gasteiger partial charge in [-0.25, -0.2) is 9.59 Å². The molecule has 0 bridgehead atoms. The number of amides is 3. The number of H-pyrrole nitrogens is 1. The highest BCUT2D eigenvalue weighted by molar-refractivity contribution is 6.34. The van der Waals surface area contributed by atoms with Gasteiger partial charge in [0, 0.05) is 36.2 Å². The molecule has 30 heavy (non-hydrogen) atoms. The molecule has 3 amide bonds. The highest BCUT2D eigenvalue weighted by Gasteiger charge is 2.29. The molecule has 11 heteroatoms. The Hall–Kier alpha value is -2.52. The Morgan fingerprint density at radius 1 is 1.33 bits per heavy atom. The summed E-state index contributed by atoms with van der Waals surface area (Å²) in [6.07, 6.45) is 1.99. The number of nitrogens with zero attached hydrogens (tertiary/aromatic N) is 4. The average Bonchev–Trinajstić information content (AvgIpc) is 3.39. The van der Waals surface area contributed by atoms with Gasteiger partial charge in [-0.1, -0.05) is 23.2 Å². The van der Waals surface area contributed by atoms with E-state index in [0.29, 0.717) is 48.5 Å². The molecule has 1 fully saturated rings. The number of benzene rings is 1. The van der Waals surface area contributed by atoms with Crippen LogP contribution < -0.4 is 5.32 Å². The number of carbonyl (C=O) groups excluding carboxylic acids is 2. The minimum Gasteiger partial charge on any atom is -0.445 e. The summed E-state index contributed by atoms with van der Waals surface area (Å²) in [5.74, 6) is 0.191. The molecular weight excluding hydrogens is 431 g/mol. The van der Waals surface area contributed by atoms with Crippen LogP contribution >= 0.6 is 23.2 Å². The minimum absolute atomic E-state index is 0.103. The van der Waals surface area contributed by atoms with E-state index in [-0.39, 0.29) is 24.6 Å². The lowest BCUT2D eigenvalue weighted by Crippen LogP contribution is -2.42. The lowest BCUT2D eigenvalue weighted by atomic mass is 10.1. The normalized spacial score (nSPS) is 15.8. The average molecular weight is 455 g/mol. The van der Waals surface area contributed by atoms with Gasteiger partial charge >= 0.3 is 12.1 Å². The molecule has 0 aliphatic carbocycles. The van der Waals surface area contributed by atoms with Crippen LogP contribution in [-0.2, 0) is 17.9 Å². The summed E-state index contributed by atoms with van der Waals surface area (Å²) in [6.45, 7) is 4.61. The number of hydrogen-bond donors (Lipinski definition) is 2. The second-order valence-corrected chi connectivity index (χ2v) is 7.96. The molecule has 0 radical (unpaired) electrons. The molecule has 3 rings (SSSR count). The SMILES string of the molecule is CCN(C[C@H]1CCN(C(=O)OCc2cc(Cl)cc(Cl)c2)C1)C(=O)NCc1cn[nH]n1. The van der Waals surface area contributed by atoms with Gasteiger partial charge in [0.2, 0.25) is 0 Å². The quantitative estimate of drug-likeness (QED) is 0.667. The van der Waals surface area contributed by atoms with Crippen molar-refractivity contribution in [1.29, 1.82) is 0 Å². The summed E-state index contributed by atoms with van der Waals surface area (Å²) >= 11 is 11.9. The van der Waals surface area contributed by atoms with Crippen LogP contribution in [0.15, 0.2) is 24.4 Å². The highest BCUT2D eigenvalue weighted by Crippen LogP contribution is 2.21. The predicted molar refractivity (Wildman–Crippen MR) is 112 cm³/mol. The van der Waals surface area contributed by atoms with Gasteiger partial charge in [0.15, 0.2) is 0 Å². The van der Waals surface area contributed by atoms with E-state index in [1.807, 2.05) is 6.92 Å². The topological polar surface area (TPSA) is 103 Å². The number of hydrogen-bond acceptors (Lipinski definition) is 5. The molecule has 2 heterocycles. The molecule has 9 nitrogen and oxygen atoms in total. The van der Waals surface area contributed by atoms with Crippen molar-refractivity contribution in [2.45, 2.75) is 26.5 Å². The maximum absolute atomic E-state index is 12.4. The zero-order chi connectivity index (χ0) is 21.5. The summed E-state index contributed by atoms with van der Waals surface area (Å²) in [4.78, 5) is 28.2. The Kier molecular flexibility index (Phi) is 7.75. The maximum atomic E-state index is 12.4. The van der Waals surface area contributed by atoms with Crippen molar-refractivity contribution in [3.63, 3.8) is 0 Å². The van der Waals surface area contributed by atoms with Crippen molar-refractivity contribution in [3.8, 4) is 0 Å². The third-order valence-corrected chi connectivity index (χ3v) is 5.30. The Morgan fingerprint density at radius 2 is 2.10 bits per heavy atom. The van der Waals surface area contributed by atoms with Crippen molar-refractivity contribution in [3.05, 3.63) is 45.7 Å². The molecule has 1 saturated heterocycles. The van der Waals surface area contributed by atoms with Crippen LogP contribution in [0.25, 0.3) is 0 Å². The van der Waals surface area contributed by atoms with E-state index in [4.69, 9.17) is 27.9 Å². The van der Waals surface area contributed by atoms with E-state index >= 15 is 0 Å². The van der Waals surface area contributed by atoms with E-state index in [2.05, 4.69) is 20.7 Å². The van der Waals surface area contributed by atoms with E-state index in [1.54, 1.807) is 34.2 Å². The molecular formula is C19H24Cl2N6O3. The third kappa shape index (κ3) is 6.24. The van der Waals surface area contributed by atoms with Gasteiger partial charge in [-0.2, -0.15) is 15.4 Å². The number of likely N-dealkylation sites (tertiary alicyclic amines) is 1. The highest BCUT2D eigenvalue weighted by atomic mass is 35.5. The number of nitrogens with one attached hydrogen (secondary N) is 2. The van der Waals surface area contributed by atoms with Crippen molar-refractivity contribution < 1.29 is 14.3 Å². The fourth-order valence-corrected chi connectivity index (χ4v) is 3.91. The second kappa shape index (κ2) is 10.5. The molecule has 1 aliphatic rings. The Balaban J connectivity index is 1.44. The standard InChI is InChI=1S/C19H24Cl2N6O3/c1-2-26(18(28)22-8-17-9-23-25-24-17)10-13-3-4-27(11-13)19(29)30-12-14-5-15(20)7-16(21)6-14/h5-7,9,13H,2-4,8,10-12H2,1H3,(H,22,28)(H,23,24,25)/t13-/m1/s1. The fraction of sp³-hybridized carbons (Fsp3) is 0.474. The Bertz CT molecular complexity index is 844. The largest absolute Gasteiger partial charge is 0.445 e. The van der Waals surface area contributed by atoms with Crippen LogP contribution in [0.1, 0.15) is 24.6 Å². The molecule has 0 unspecified atom stereocenters. The van der Waals surface area contributed by atoms with Gasteiger partial charge in [-0.05, 0) is 43.0 Å². The van der Waals surface area contributed by atoms with Crippen LogP contribution in [0.5, 0.6) is 0 Å². The van der Waals surface area contributed by atoms with Crippen LogP contribution in [0.2, 0.25) is 10.0 Å². The first-order chi connectivity index (χ1) is 14.4. The monoisotopic (exact) mass is 454 g/mol. The maximum Gasteiger partial charge on any atom is 0.410 e. The van der Waals surface area contributed by atoms with E-state index < -0.39 is 0 Å². The van der Waals surface area contributed by atoms with Crippen molar-refractivity contribution >= 4 is 35.3 Å². The number of halogens is 2. The zero-order valence-corrected chi connectivity index (χ0v) is 18.1. The van der Waals surface area contributed by atoms with Crippen molar-refractivity contribution in [2.75, 3.05) is 26.2 Å². The van der Waals surface area contributed by atoms with Gasteiger partial charge in [-0.3, -0.25) is 0 Å². The lowest BCUT2D eigenvalue weighted by molar-refractivity contribution is 0.102. The van der Waals surface area contributed by atoms with Gasteiger partial charge in [-0.15, -0.1) is 0 Å². The van der Waals surface area contributed by atoms with Crippen LogP contribution in [-0.4, -0.2) is 63.5 Å². The van der Waals surface area contributed by atoms with Gasteiger partial charge in [0.05, 0.1) is 12.7 Å². The first kappa shape index (κ1) is 22.2. The molecule has 0 saturated carbocycles. The number of rotatable bonds is 7. The Morgan fingerprint density at radius 3 is 2.77 bits per heavy atom. The van der Waals surface area contributed by atoms with Gasteiger partial charge in [0.1, 0.15) is 12.3 Å². The van der Waals surface area contributed by atoms with E-state index in [0.717, 1.165) is 12.0 Å². The molecule has 1 aliphatic heterocycles. The second-order valence-electron chi connectivity index (χ2n) is 7.09. The van der Waals surface area contributed by atoms with Crippen molar-refractivity contribution in [2.24, 2.45) is 5.92 Å². The lowest BCUT2D eigenvalue weighted by Gasteiger charge is -2.24. The zero-order valence-electron chi connectivity index (χ0n) is 16.6. The molecule has 2 aromatic rings. The molecule has 1 atom stereocenters. The van der Waals surface area contributed by atoms with E-state index in [9.17, 15) is 9.59 Å². The van der Waals surface area contributed by atoms with Gasteiger partial charge in [0.25, 0.3) is 0 Å². The Labute approximate surface area is 184 Å². The number of ether oxygens (including phenoxy) is 1. The van der Waals surface area contributed by atoms with Crippen LogP contribution in [0, 0.1) is 5.92 Å². The fourth-order valence-electron chi connectivity index (χ4n) is 3.33. The first-order valence-electron chi connectivity index (χ1n) is 9.68. The summed E-state index contributed by atoms with van der Waals surface area (Å²) in [6, 6.07) is 4.88. The van der Waals surface area contributed by atoms with Crippen LogP contribution in [0.4, 0.5) is 9.59 Å². The minimum atomic E-state index is -0.382. The third-order valence-electron chi connectivity index (χ3n) is 4.86. The number of aromatic amines is 1.